The van der Waals surface area contributed by atoms with Crippen molar-refractivity contribution < 1.29 is 4.79 Å². The van der Waals surface area contributed by atoms with Gasteiger partial charge in [0.25, 0.3) is 0 Å². The normalized spacial score (nSPS) is 10.2. The molecule has 0 saturated carbocycles. The first-order valence-corrected chi connectivity index (χ1v) is 4.95. The molecule has 78 valence electrons. The Hall–Kier alpha value is -1.32. The molecular weight excluding hydrogens is 178 g/mol. The molecule has 0 saturated heterocycles. The van der Waals surface area contributed by atoms with Crippen molar-refractivity contribution >= 4 is 5.91 Å². The van der Waals surface area contributed by atoms with Gasteiger partial charge in [0.1, 0.15) is 0 Å². The number of aromatic nitrogens is 2. The number of rotatable bonds is 4. The maximum absolute atomic E-state index is 11.1. The maximum atomic E-state index is 11.1. The van der Waals surface area contributed by atoms with Crippen molar-refractivity contribution in [2.75, 3.05) is 0 Å². The molecule has 0 bridgehead atoms. The molecule has 0 unspecified atom stereocenters. The Kier molecular flexibility index (Phi) is 3.68. The smallest absolute Gasteiger partial charge is 0.219 e. The topological polar surface area (TPSA) is 46.9 Å². The van der Waals surface area contributed by atoms with E-state index in [0.29, 0.717) is 13.0 Å². The standard InChI is InChI=1S/C10H17N3O/c1-4-9-8(7-13(3)12-9)6-11-10(14)5-2/h7H,4-6H2,1-3H3,(H,11,14). The summed E-state index contributed by atoms with van der Waals surface area (Å²) in [5, 5.41) is 7.14. The van der Waals surface area contributed by atoms with Crippen molar-refractivity contribution in [1.29, 1.82) is 0 Å². The Morgan fingerprint density at radius 2 is 2.29 bits per heavy atom. The number of hydrogen-bond acceptors (Lipinski definition) is 2. The highest BCUT2D eigenvalue weighted by molar-refractivity contribution is 5.75. The Labute approximate surface area is 84.3 Å². The molecule has 0 aliphatic carbocycles. The number of nitrogens with one attached hydrogen (secondary N) is 1. The SMILES string of the molecule is CCC(=O)NCc1cn(C)nc1CC. The van der Waals surface area contributed by atoms with Crippen molar-refractivity contribution in [3.8, 4) is 0 Å². The Bertz CT molecular complexity index is 317. The second-order valence-electron chi connectivity index (χ2n) is 3.26. The summed E-state index contributed by atoms with van der Waals surface area (Å²) < 4.78 is 1.78. The van der Waals surface area contributed by atoms with Crippen LogP contribution in [0.3, 0.4) is 0 Å². The fraction of sp³-hybridized carbons (Fsp3) is 0.600. The highest BCUT2D eigenvalue weighted by Gasteiger charge is 2.06. The van der Waals surface area contributed by atoms with Crippen LogP contribution in [0.25, 0.3) is 0 Å². The van der Waals surface area contributed by atoms with Gasteiger partial charge in [-0.1, -0.05) is 13.8 Å². The van der Waals surface area contributed by atoms with E-state index in [1.807, 2.05) is 20.2 Å². The van der Waals surface area contributed by atoms with Gasteiger partial charge in [0.2, 0.25) is 5.91 Å². The third-order valence-corrected chi connectivity index (χ3v) is 2.12. The Balaban J connectivity index is 2.61. The molecule has 1 rings (SSSR count). The van der Waals surface area contributed by atoms with Crippen molar-refractivity contribution in [2.45, 2.75) is 33.2 Å². The number of aryl methyl sites for hydroxylation is 2. The first-order chi connectivity index (χ1) is 6.67. The minimum atomic E-state index is 0.0795. The van der Waals surface area contributed by atoms with Gasteiger partial charge in [-0.05, 0) is 6.42 Å². The van der Waals surface area contributed by atoms with E-state index in [-0.39, 0.29) is 5.91 Å². The number of amides is 1. The molecule has 0 spiro atoms. The first-order valence-electron chi connectivity index (χ1n) is 4.95. The predicted octanol–water partition coefficient (Wildman–Crippen LogP) is 1.01. The zero-order valence-corrected chi connectivity index (χ0v) is 9.00. The van der Waals surface area contributed by atoms with E-state index in [9.17, 15) is 4.79 Å². The minimum Gasteiger partial charge on any atom is -0.352 e. The van der Waals surface area contributed by atoms with Gasteiger partial charge in [-0.25, -0.2) is 0 Å². The number of carbonyl (C=O) groups excluding carboxylic acids is 1. The summed E-state index contributed by atoms with van der Waals surface area (Å²) in [5.41, 5.74) is 2.17. The van der Waals surface area contributed by atoms with Gasteiger partial charge in [0, 0.05) is 31.8 Å². The second kappa shape index (κ2) is 4.79. The van der Waals surface area contributed by atoms with Gasteiger partial charge < -0.3 is 5.32 Å². The van der Waals surface area contributed by atoms with Gasteiger partial charge >= 0.3 is 0 Å². The van der Waals surface area contributed by atoms with E-state index in [1.165, 1.54) is 0 Å². The fourth-order valence-electron chi connectivity index (χ4n) is 1.35. The van der Waals surface area contributed by atoms with Gasteiger partial charge in [-0.15, -0.1) is 0 Å². The summed E-state index contributed by atoms with van der Waals surface area (Å²) in [5.74, 6) is 0.0795. The quantitative estimate of drug-likeness (QED) is 0.779. The molecule has 0 atom stereocenters. The van der Waals surface area contributed by atoms with Crippen LogP contribution in [0, 0.1) is 0 Å². The summed E-state index contributed by atoms with van der Waals surface area (Å²) in [6, 6.07) is 0. The number of carbonyl (C=O) groups is 1. The molecule has 1 aromatic heterocycles. The summed E-state index contributed by atoms with van der Waals surface area (Å²) in [6.45, 7) is 4.50. The van der Waals surface area contributed by atoms with E-state index < -0.39 is 0 Å². The van der Waals surface area contributed by atoms with Crippen molar-refractivity contribution in [3.05, 3.63) is 17.5 Å². The third kappa shape index (κ3) is 2.58. The summed E-state index contributed by atoms with van der Waals surface area (Å²) >= 11 is 0. The predicted molar refractivity (Wildman–Crippen MR) is 54.7 cm³/mol. The van der Waals surface area contributed by atoms with Gasteiger partial charge in [0.15, 0.2) is 0 Å². The summed E-state index contributed by atoms with van der Waals surface area (Å²) in [4.78, 5) is 11.1. The average Bonchev–Trinajstić information content (AvgIpc) is 2.55. The molecule has 0 aromatic carbocycles. The largest absolute Gasteiger partial charge is 0.352 e. The van der Waals surface area contributed by atoms with E-state index in [1.54, 1.807) is 4.68 Å². The molecule has 0 aliphatic rings. The van der Waals surface area contributed by atoms with E-state index in [0.717, 1.165) is 17.7 Å². The van der Waals surface area contributed by atoms with Crippen LogP contribution in [0.2, 0.25) is 0 Å². The maximum Gasteiger partial charge on any atom is 0.219 e. The zero-order valence-electron chi connectivity index (χ0n) is 9.00. The molecule has 1 amide bonds. The monoisotopic (exact) mass is 195 g/mol. The lowest BCUT2D eigenvalue weighted by Crippen LogP contribution is -2.21. The van der Waals surface area contributed by atoms with Crippen LogP contribution in [0.5, 0.6) is 0 Å². The van der Waals surface area contributed by atoms with Crippen molar-refractivity contribution in [2.24, 2.45) is 7.05 Å². The molecule has 4 nitrogen and oxygen atoms in total. The Morgan fingerprint density at radius 3 is 2.86 bits per heavy atom. The average molecular weight is 195 g/mol. The molecule has 4 heteroatoms. The van der Waals surface area contributed by atoms with Gasteiger partial charge in [0.05, 0.1) is 5.69 Å². The minimum absolute atomic E-state index is 0.0795. The fourth-order valence-corrected chi connectivity index (χ4v) is 1.35. The molecular formula is C10H17N3O. The third-order valence-electron chi connectivity index (χ3n) is 2.12. The van der Waals surface area contributed by atoms with Gasteiger partial charge in [-0.2, -0.15) is 5.10 Å². The zero-order chi connectivity index (χ0) is 10.6. The molecule has 0 fully saturated rings. The van der Waals surface area contributed by atoms with Crippen molar-refractivity contribution in [3.63, 3.8) is 0 Å². The number of nitrogens with zero attached hydrogens (tertiary/aromatic N) is 2. The van der Waals surface area contributed by atoms with Crippen LogP contribution in [-0.4, -0.2) is 15.7 Å². The van der Waals surface area contributed by atoms with Crippen LogP contribution >= 0.6 is 0 Å². The first kappa shape index (κ1) is 10.8. The van der Waals surface area contributed by atoms with Crippen LogP contribution < -0.4 is 5.32 Å². The lowest BCUT2D eigenvalue weighted by molar-refractivity contribution is -0.120. The lowest BCUT2D eigenvalue weighted by atomic mass is 10.2. The van der Waals surface area contributed by atoms with E-state index in [2.05, 4.69) is 17.3 Å². The lowest BCUT2D eigenvalue weighted by Gasteiger charge is -2.01. The van der Waals surface area contributed by atoms with Crippen LogP contribution in [-0.2, 0) is 24.8 Å². The van der Waals surface area contributed by atoms with Crippen LogP contribution in [0.4, 0.5) is 0 Å². The van der Waals surface area contributed by atoms with Crippen LogP contribution in [0.15, 0.2) is 6.20 Å². The number of hydrogen-bond donors (Lipinski definition) is 1. The van der Waals surface area contributed by atoms with Crippen molar-refractivity contribution in [1.82, 2.24) is 15.1 Å². The molecule has 14 heavy (non-hydrogen) atoms. The Morgan fingerprint density at radius 1 is 1.57 bits per heavy atom. The highest BCUT2D eigenvalue weighted by atomic mass is 16.1. The van der Waals surface area contributed by atoms with E-state index in [4.69, 9.17) is 0 Å². The summed E-state index contributed by atoms with van der Waals surface area (Å²) in [6.07, 6.45) is 3.38. The van der Waals surface area contributed by atoms with Crippen LogP contribution in [0.1, 0.15) is 31.5 Å². The molecule has 1 heterocycles. The highest BCUT2D eigenvalue weighted by Crippen LogP contribution is 2.06. The second-order valence-corrected chi connectivity index (χ2v) is 3.26. The molecule has 1 N–H and O–H groups in total. The molecule has 1 aromatic rings. The summed E-state index contributed by atoms with van der Waals surface area (Å²) in [7, 11) is 1.89. The van der Waals surface area contributed by atoms with E-state index >= 15 is 0 Å². The molecule has 0 radical (unpaired) electrons. The molecule has 0 aliphatic heterocycles. The van der Waals surface area contributed by atoms with Gasteiger partial charge in [-0.3, -0.25) is 9.48 Å².